The molecule has 1 aromatic rings. The van der Waals surface area contributed by atoms with Gasteiger partial charge >= 0.3 is 0 Å². The van der Waals surface area contributed by atoms with Crippen molar-refractivity contribution in [3.63, 3.8) is 0 Å². The zero-order chi connectivity index (χ0) is 8.27. The quantitative estimate of drug-likeness (QED) is 0.455. The molecule has 0 radical (unpaired) electrons. The number of thioether (sulfide) groups is 1. The highest BCUT2D eigenvalue weighted by Crippen LogP contribution is 2.20. The van der Waals surface area contributed by atoms with E-state index in [0.717, 1.165) is 11.8 Å². The molecule has 0 saturated carbocycles. The van der Waals surface area contributed by atoms with E-state index >= 15 is 0 Å². The van der Waals surface area contributed by atoms with Gasteiger partial charge in [-0.05, 0) is 30.1 Å². The Morgan fingerprint density at radius 3 is 3.09 bits per heavy atom. The number of nitrogens with zero attached hydrogens (tertiary/aromatic N) is 1. The maximum Gasteiger partial charge on any atom is 0.218 e. The molecule has 1 heterocycles. The smallest absolute Gasteiger partial charge is 0.218 e. The Labute approximate surface area is 76.5 Å². The van der Waals surface area contributed by atoms with Crippen LogP contribution in [0.25, 0.3) is 0 Å². The minimum Gasteiger partial charge on any atom is -0.282 e. The van der Waals surface area contributed by atoms with Crippen LogP contribution in [0, 0.1) is 3.95 Å². The van der Waals surface area contributed by atoms with E-state index in [1.807, 2.05) is 0 Å². The molecule has 1 aromatic heterocycles. The standard InChI is InChI=1S/C5H4N2OS3/c1-2-3(8)10-5-7-6-4(9)11-5/h2H,1H2,(H,6,9). The lowest BCUT2D eigenvalue weighted by Crippen LogP contribution is -1.81. The molecule has 0 spiro atoms. The van der Waals surface area contributed by atoms with Crippen molar-refractivity contribution in [3.05, 3.63) is 16.6 Å². The van der Waals surface area contributed by atoms with Crippen molar-refractivity contribution in [2.75, 3.05) is 0 Å². The fourth-order valence-corrected chi connectivity index (χ4v) is 2.18. The third-order valence-electron chi connectivity index (χ3n) is 0.773. The number of hydrogen-bond acceptors (Lipinski definition) is 5. The zero-order valence-corrected chi connectivity index (χ0v) is 7.81. The molecule has 6 heteroatoms. The van der Waals surface area contributed by atoms with Crippen LogP contribution < -0.4 is 0 Å². The van der Waals surface area contributed by atoms with Gasteiger partial charge in [-0.1, -0.05) is 17.9 Å². The topological polar surface area (TPSA) is 45.8 Å². The predicted molar refractivity (Wildman–Crippen MR) is 48.4 cm³/mol. The second kappa shape index (κ2) is 3.80. The number of rotatable bonds is 2. The Hall–Kier alpha value is -0.460. The molecule has 0 aliphatic carbocycles. The minimum absolute atomic E-state index is 0.122. The van der Waals surface area contributed by atoms with Gasteiger partial charge in [-0.2, -0.15) is 5.10 Å². The molecule has 0 saturated heterocycles. The fraction of sp³-hybridized carbons (Fsp3) is 0. The first kappa shape index (κ1) is 8.63. The molecule has 0 aliphatic heterocycles. The van der Waals surface area contributed by atoms with Gasteiger partial charge in [0.2, 0.25) is 5.12 Å². The lowest BCUT2D eigenvalue weighted by molar-refractivity contribution is -0.107. The maximum atomic E-state index is 10.8. The number of aromatic amines is 1. The molecule has 1 N–H and O–H groups in total. The van der Waals surface area contributed by atoms with Crippen molar-refractivity contribution in [1.29, 1.82) is 0 Å². The average Bonchev–Trinajstić information content (AvgIpc) is 2.35. The Morgan fingerprint density at radius 2 is 2.64 bits per heavy atom. The van der Waals surface area contributed by atoms with E-state index in [1.165, 1.54) is 17.4 Å². The highest BCUT2D eigenvalue weighted by atomic mass is 32.2. The van der Waals surface area contributed by atoms with E-state index in [9.17, 15) is 4.79 Å². The molecule has 0 fully saturated rings. The first-order valence-corrected chi connectivity index (χ1v) is 4.66. The molecule has 0 aromatic carbocycles. The van der Waals surface area contributed by atoms with Crippen LogP contribution in [-0.2, 0) is 4.79 Å². The van der Waals surface area contributed by atoms with Gasteiger partial charge in [-0.15, -0.1) is 0 Å². The van der Waals surface area contributed by atoms with Gasteiger partial charge in [0.25, 0.3) is 0 Å². The summed E-state index contributed by atoms with van der Waals surface area (Å²) in [6.07, 6.45) is 1.25. The monoisotopic (exact) mass is 204 g/mol. The van der Waals surface area contributed by atoms with Gasteiger partial charge in [0, 0.05) is 0 Å². The van der Waals surface area contributed by atoms with E-state index in [1.54, 1.807) is 0 Å². The molecule has 0 unspecified atom stereocenters. The first-order valence-electron chi connectivity index (χ1n) is 2.62. The molecule has 11 heavy (non-hydrogen) atoms. The average molecular weight is 204 g/mol. The van der Waals surface area contributed by atoms with Gasteiger partial charge < -0.3 is 0 Å². The molecular formula is C5H4N2OS3. The second-order valence-corrected chi connectivity index (χ2v) is 4.42. The molecule has 0 aliphatic rings. The van der Waals surface area contributed by atoms with Crippen LogP contribution in [0.5, 0.6) is 0 Å². The summed E-state index contributed by atoms with van der Waals surface area (Å²) in [6.45, 7) is 3.33. The summed E-state index contributed by atoms with van der Waals surface area (Å²) in [5, 5.41) is 6.24. The normalized spacial score (nSPS) is 9.45. The fourth-order valence-electron chi connectivity index (χ4n) is 0.388. The van der Waals surface area contributed by atoms with E-state index in [4.69, 9.17) is 12.2 Å². The number of H-pyrrole nitrogens is 1. The van der Waals surface area contributed by atoms with Crippen LogP contribution in [0.4, 0.5) is 0 Å². The SMILES string of the molecule is C=CC(=O)Sc1n[nH]c(=S)s1. The lowest BCUT2D eigenvalue weighted by Gasteiger charge is -1.84. The van der Waals surface area contributed by atoms with E-state index < -0.39 is 0 Å². The van der Waals surface area contributed by atoms with Crippen LogP contribution in [0.2, 0.25) is 0 Å². The number of hydrogen-bond donors (Lipinski definition) is 1. The van der Waals surface area contributed by atoms with Gasteiger partial charge in [-0.25, -0.2) is 0 Å². The van der Waals surface area contributed by atoms with Crippen molar-refractivity contribution < 1.29 is 4.79 Å². The largest absolute Gasteiger partial charge is 0.282 e. The lowest BCUT2D eigenvalue weighted by atomic mass is 10.7. The third-order valence-corrected chi connectivity index (χ3v) is 2.79. The Balaban J connectivity index is 2.72. The molecule has 0 atom stereocenters. The summed E-state index contributed by atoms with van der Waals surface area (Å²) in [4.78, 5) is 10.8. The molecule has 58 valence electrons. The Bertz CT molecular complexity index is 326. The van der Waals surface area contributed by atoms with Crippen molar-refractivity contribution in [2.45, 2.75) is 4.34 Å². The van der Waals surface area contributed by atoms with Crippen LogP contribution in [0.3, 0.4) is 0 Å². The molecule has 1 rings (SSSR count). The third kappa shape index (κ3) is 2.57. The number of aromatic nitrogens is 2. The van der Waals surface area contributed by atoms with Crippen LogP contribution in [-0.4, -0.2) is 15.3 Å². The molecule has 3 nitrogen and oxygen atoms in total. The van der Waals surface area contributed by atoms with Gasteiger partial charge in [0.1, 0.15) is 0 Å². The van der Waals surface area contributed by atoms with Crippen LogP contribution in [0.15, 0.2) is 17.0 Å². The summed E-state index contributed by atoms with van der Waals surface area (Å²) in [5.74, 6) is 0. The van der Waals surface area contributed by atoms with E-state index in [-0.39, 0.29) is 5.12 Å². The van der Waals surface area contributed by atoms with Gasteiger partial charge in [-0.3, -0.25) is 9.89 Å². The summed E-state index contributed by atoms with van der Waals surface area (Å²) in [5.41, 5.74) is 0. The van der Waals surface area contributed by atoms with E-state index in [0.29, 0.717) is 8.29 Å². The van der Waals surface area contributed by atoms with Crippen molar-refractivity contribution in [3.8, 4) is 0 Å². The van der Waals surface area contributed by atoms with Crippen LogP contribution >= 0.6 is 35.3 Å². The maximum absolute atomic E-state index is 10.8. The van der Waals surface area contributed by atoms with Crippen molar-refractivity contribution in [2.24, 2.45) is 0 Å². The summed E-state index contributed by atoms with van der Waals surface area (Å²) >= 11 is 7.06. The summed E-state index contributed by atoms with van der Waals surface area (Å²) in [6, 6.07) is 0. The van der Waals surface area contributed by atoms with Crippen molar-refractivity contribution >= 4 is 40.4 Å². The molecule has 0 amide bonds. The summed E-state index contributed by atoms with van der Waals surface area (Å²) in [7, 11) is 0. The molecular weight excluding hydrogens is 200 g/mol. The predicted octanol–water partition coefficient (Wildman–Crippen LogP) is 2.01. The Morgan fingerprint density at radius 1 is 1.91 bits per heavy atom. The first-order chi connectivity index (χ1) is 5.22. The second-order valence-electron chi connectivity index (χ2n) is 1.50. The number of carbonyl (C=O) groups is 1. The Kier molecular flexibility index (Phi) is 2.98. The molecule has 0 bridgehead atoms. The number of nitrogens with one attached hydrogen (secondary N) is 1. The van der Waals surface area contributed by atoms with Crippen molar-refractivity contribution in [1.82, 2.24) is 10.2 Å². The van der Waals surface area contributed by atoms with Gasteiger partial charge in [0.05, 0.1) is 0 Å². The van der Waals surface area contributed by atoms with Crippen LogP contribution in [0.1, 0.15) is 0 Å². The van der Waals surface area contributed by atoms with E-state index in [2.05, 4.69) is 16.8 Å². The highest BCUT2D eigenvalue weighted by Gasteiger charge is 2.02. The highest BCUT2D eigenvalue weighted by molar-refractivity contribution is 8.15. The summed E-state index contributed by atoms with van der Waals surface area (Å²) < 4.78 is 1.20. The number of carbonyl (C=O) groups excluding carboxylic acids is 1. The zero-order valence-electron chi connectivity index (χ0n) is 5.36. The van der Waals surface area contributed by atoms with Gasteiger partial charge in [0.15, 0.2) is 8.29 Å². The minimum atomic E-state index is -0.122.